The lowest BCUT2D eigenvalue weighted by Crippen LogP contribution is -2.30. The minimum atomic E-state index is 0.158. The van der Waals surface area contributed by atoms with Gasteiger partial charge in [-0.05, 0) is 82.1 Å². The Morgan fingerprint density at radius 2 is 2.05 bits per heavy atom. The van der Waals surface area contributed by atoms with Crippen molar-refractivity contribution in [1.82, 2.24) is 4.90 Å². The fourth-order valence-electron chi connectivity index (χ4n) is 2.58. The van der Waals surface area contributed by atoms with Crippen molar-refractivity contribution < 1.29 is 4.79 Å². The van der Waals surface area contributed by atoms with Crippen LogP contribution in [0.1, 0.15) is 34.8 Å². The van der Waals surface area contributed by atoms with Crippen molar-refractivity contribution in [3.63, 3.8) is 0 Å². The first kappa shape index (κ1) is 13.1. The SMILES string of the molecule is O=C(c1ccc(I)cc1)N1CCC[C@@H]1c1ccsc1. The molecule has 4 heteroatoms. The number of amides is 1. The predicted molar refractivity (Wildman–Crippen MR) is 86.5 cm³/mol. The van der Waals surface area contributed by atoms with Crippen molar-refractivity contribution in [2.24, 2.45) is 0 Å². The topological polar surface area (TPSA) is 20.3 Å². The maximum Gasteiger partial charge on any atom is 0.254 e. The van der Waals surface area contributed by atoms with E-state index in [4.69, 9.17) is 0 Å². The van der Waals surface area contributed by atoms with Gasteiger partial charge in [0.15, 0.2) is 0 Å². The number of rotatable bonds is 2. The third-order valence-electron chi connectivity index (χ3n) is 3.53. The van der Waals surface area contributed by atoms with Gasteiger partial charge in [0, 0.05) is 15.7 Å². The number of benzene rings is 1. The number of thiophene rings is 1. The fraction of sp³-hybridized carbons (Fsp3) is 0.267. The van der Waals surface area contributed by atoms with Crippen LogP contribution in [0.4, 0.5) is 0 Å². The molecule has 1 atom stereocenters. The highest BCUT2D eigenvalue weighted by molar-refractivity contribution is 14.1. The summed E-state index contributed by atoms with van der Waals surface area (Å²) in [5, 5.41) is 4.24. The molecule has 3 rings (SSSR count). The Kier molecular flexibility index (Phi) is 3.88. The summed E-state index contributed by atoms with van der Waals surface area (Å²) in [5.74, 6) is 0.158. The second-order valence-corrected chi connectivity index (χ2v) is 6.75. The number of hydrogen-bond donors (Lipinski definition) is 0. The molecule has 0 bridgehead atoms. The Labute approximate surface area is 130 Å². The molecule has 1 aromatic carbocycles. The Bertz CT molecular complexity index is 564. The Morgan fingerprint density at radius 3 is 2.74 bits per heavy atom. The lowest BCUT2D eigenvalue weighted by atomic mass is 10.1. The molecule has 1 amide bonds. The van der Waals surface area contributed by atoms with Gasteiger partial charge >= 0.3 is 0 Å². The molecule has 2 nitrogen and oxygen atoms in total. The van der Waals surface area contributed by atoms with Gasteiger partial charge in [-0.25, -0.2) is 0 Å². The first-order valence-electron chi connectivity index (χ1n) is 6.34. The van der Waals surface area contributed by atoms with Gasteiger partial charge in [0.2, 0.25) is 0 Å². The molecule has 2 heterocycles. The van der Waals surface area contributed by atoms with Crippen LogP contribution in [0.3, 0.4) is 0 Å². The van der Waals surface area contributed by atoms with E-state index in [2.05, 4.69) is 39.4 Å². The molecule has 0 N–H and O–H groups in total. The summed E-state index contributed by atoms with van der Waals surface area (Å²) in [6.07, 6.45) is 2.17. The van der Waals surface area contributed by atoms with Crippen LogP contribution in [0.5, 0.6) is 0 Å². The third-order valence-corrected chi connectivity index (χ3v) is 4.95. The summed E-state index contributed by atoms with van der Waals surface area (Å²) < 4.78 is 1.16. The molecule has 19 heavy (non-hydrogen) atoms. The van der Waals surface area contributed by atoms with Crippen LogP contribution in [0.2, 0.25) is 0 Å². The molecule has 1 aliphatic heterocycles. The number of hydrogen-bond acceptors (Lipinski definition) is 2. The van der Waals surface area contributed by atoms with Gasteiger partial charge in [-0.2, -0.15) is 11.3 Å². The zero-order valence-corrected chi connectivity index (χ0v) is 13.4. The van der Waals surface area contributed by atoms with E-state index in [1.165, 1.54) is 5.56 Å². The molecule has 1 saturated heterocycles. The summed E-state index contributed by atoms with van der Waals surface area (Å²) in [6.45, 7) is 0.866. The van der Waals surface area contributed by atoms with Crippen molar-refractivity contribution in [3.8, 4) is 0 Å². The minimum Gasteiger partial charge on any atom is -0.332 e. The molecule has 0 spiro atoms. The van der Waals surface area contributed by atoms with Crippen LogP contribution in [-0.2, 0) is 0 Å². The van der Waals surface area contributed by atoms with Crippen molar-refractivity contribution in [1.29, 1.82) is 0 Å². The van der Waals surface area contributed by atoms with Gasteiger partial charge in [-0.1, -0.05) is 0 Å². The summed E-state index contributed by atoms with van der Waals surface area (Å²) in [7, 11) is 0. The van der Waals surface area contributed by atoms with E-state index < -0.39 is 0 Å². The number of nitrogens with zero attached hydrogens (tertiary/aromatic N) is 1. The number of halogens is 1. The van der Waals surface area contributed by atoms with Gasteiger partial charge in [-0.3, -0.25) is 4.79 Å². The minimum absolute atomic E-state index is 0.158. The van der Waals surface area contributed by atoms with Gasteiger partial charge in [0.25, 0.3) is 5.91 Å². The first-order chi connectivity index (χ1) is 9.25. The van der Waals surface area contributed by atoms with Gasteiger partial charge in [0.1, 0.15) is 0 Å². The lowest BCUT2D eigenvalue weighted by molar-refractivity contribution is 0.0736. The van der Waals surface area contributed by atoms with Crippen molar-refractivity contribution in [3.05, 3.63) is 55.8 Å². The average molecular weight is 383 g/mol. The van der Waals surface area contributed by atoms with Gasteiger partial charge < -0.3 is 4.90 Å². The molecular formula is C15H14INOS. The summed E-state index contributed by atoms with van der Waals surface area (Å²) in [4.78, 5) is 14.6. The molecule has 0 unspecified atom stereocenters. The Morgan fingerprint density at radius 1 is 1.26 bits per heavy atom. The molecule has 0 saturated carbocycles. The molecule has 0 radical (unpaired) electrons. The van der Waals surface area contributed by atoms with E-state index in [1.54, 1.807) is 11.3 Å². The van der Waals surface area contributed by atoms with E-state index in [0.29, 0.717) is 0 Å². The number of carbonyl (C=O) groups excluding carboxylic acids is 1. The van der Waals surface area contributed by atoms with Crippen molar-refractivity contribution >= 4 is 39.8 Å². The highest BCUT2D eigenvalue weighted by Gasteiger charge is 2.30. The third kappa shape index (κ3) is 2.69. The number of likely N-dealkylation sites (tertiary alicyclic amines) is 1. The summed E-state index contributed by atoms with van der Waals surface area (Å²) in [5.41, 5.74) is 2.07. The van der Waals surface area contributed by atoms with Crippen LogP contribution in [0.15, 0.2) is 41.1 Å². The molecular weight excluding hydrogens is 369 g/mol. The van der Waals surface area contributed by atoms with Gasteiger partial charge in [0.05, 0.1) is 6.04 Å². The van der Waals surface area contributed by atoms with Gasteiger partial charge in [-0.15, -0.1) is 0 Å². The summed E-state index contributed by atoms with van der Waals surface area (Å²) >= 11 is 3.96. The Hall–Kier alpha value is -0.880. The zero-order valence-electron chi connectivity index (χ0n) is 10.4. The van der Waals surface area contributed by atoms with E-state index in [1.807, 2.05) is 29.2 Å². The molecule has 98 valence electrons. The normalized spacial score (nSPS) is 18.8. The largest absolute Gasteiger partial charge is 0.332 e. The fourth-order valence-corrected chi connectivity index (χ4v) is 3.65. The van der Waals surface area contributed by atoms with Crippen molar-refractivity contribution in [2.45, 2.75) is 18.9 Å². The first-order valence-corrected chi connectivity index (χ1v) is 8.36. The smallest absolute Gasteiger partial charge is 0.254 e. The van der Waals surface area contributed by atoms with Crippen LogP contribution in [0.25, 0.3) is 0 Å². The molecule has 2 aromatic rings. The van der Waals surface area contributed by atoms with Crippen LogP contribution in [-0.4, -0.2) is 17.4 Å². The molecule has 1 aliphatic rings. The van der Waals surface area contributed by atoms with E-state index >= 15 is 0 Å². The maximum absolute atomic E-state index is 12.6. The average Bonchev–Trinajstić information content (AvgIpc) is 3.09. The lowest BCUT2D eigenvalue weighted by Gasteiger charge is -2.24. The van der Waals surface area contributed by atoms with E-state index in [0.717, 1.165) is 28.5 Å². The van der Waals surface area contributed by atoms with E-state index in [-0.39, 0.29) is 11.9 Å². The maximum atomic E-state index is 12.6. The summed E-state index contributed by atoms with van der Waals surface area (Å²) in [6, 6.07) is 10.2. The van der Waals surface area contributed by atoms with Crippen LogP contribution in [0, 0.1) is 3.57 Å². The van der Waals surface area contributed by atoms with E-state index in [9.17, 15) is 4.79 Å². The highest BCUT2D eigenvalue weighted by atomic mass is 127. The molecule has 0 aliphatic carbocycles. The second-order valence-electron chi connectivity index (χ2n) is 4.72. The predicted octanol–water partition coefficient (Wildman–Crippen LogP) is 4.33. The van der Waals surface area contributed by atoms with Crippen molar-refractivity contribution in [2.75, 3.05) is 6.54 Å². The second kappa shape index (κ2) is 5.63. The van der Waals surface area contributed by atoms with Crippen LogP contribution >= 0.6 is 33.9 Å². The molecule has 1 aromatic heterocycles. The standard InChI is InChI=1S/C15H14INOS/c16-13-5-3-11(4-6-13)15(18)17-8-1-2-14(17)12-7-9-19-10-12/h3-7,9-10,14H,1-2,8H2/t14-/m1/s1. The zero-order chi connectivity index (χ0) is 13.2. The molecule has 1 fully saturated rings. The quantitative estimate of drug-likeness (QED) is 0.707. The number of carbonyl (C=O) groups is 1. The Balaban J connectivity index is 1.84. The van der Waals surface area contributed by atoms with Crippen LogP contribution < -0.4 is 0 Å². The monoisotopic (exact) mass is 383 g/mol. The highest BCUT2D eigenvalue weighted by Crippen LogP contribution is 2.34.